The van der Waals surface area contributed by atoms with Crippen molar-refractivity contribution in [3.05, 3.63) is 51.1 Å². The van der Waals surface area contributed by atoms with Gasteiger partial charge in [-0.3, -0.25) is 24.6 Å². The Morgan fingerprint density at radius 2 is 2.06 bits per heavy atom. The number of carbonyl (C=O) groups excluding carboxylic acids is 1. The van der Waals surface area contributed by atoms with E-state index in [0.29, 0.717) is 5.75 Å². The summed E-state index contributed by atoms with van der Waals surface area (Å²) in [6, 6.07) is 5.83. The molecule has 33 heavy (non-hydrogen) atoms. The first-order valence-electron chi connectivity index (χ1n) is 9.26. The third kappa shape index (κ3) is 5.21. The van der Waals surface area contributed by atoms with Crippen LogP contribution in [-0.4, -0.2) is 55.4 Å². The Labute approximate surface area is 195 Å². The van der Waals surface area contributed by atoms with Crippen molar-refractivity contribution in [2.24, 2.45) is 0 Å². The van der Waals surface area contributed by atoms with E-state index in [1.165, 1.54) is 37.5 Å². The number of thioether (sulfide) groups is 1. The molecule has 1 aromatic carbocycles. The van der Waals surface area contributed by atoms with Gasteiger partial charge < -0.3 is 19.4 Å². The summed E-state index contributed by atoms with van der Waals surface area (Å²) in [5, 5.41) is 29.7. The van der Waals surface area contributed by atoms with E-state index in [1.807, 2.05) is 0 Å². The Morgan fingerprint density at radius 3 is 2.67 bits per heavy atom. The molecule has 1 aliphatic heterocycles. The van der Waals surface area contributed by atoms with E-state index in [-0.39, 0.29) is 38.4 Å². The zero-order chi connectivity index (χ0) is 24.3. The number of carboxylic acid groups (broad SMARTS) is 2. The highest BCUT2D eigenvalue weighted by Gasteiger charge is 2.40. The van der Waals surface area contributed by atoms with E-state index in [4.69, 9.17) is 26.5 Å². The lowest BCUT2D eigenvalue weighted by Gasteiger charge is -2.22. The molecule has 1 saturated heterocycles. The largest absolute Gasteiger partial charge is 0.497 e. The number of amides is 1. The highest BCUT2D eigenvalue weighted by Crippen LogP contribution is 2.37. The number of carboxylic acids is 2. The van der Waals surface area contributed by atoms with Gasteiger partial charge in [-0.05, 0) is 30.7 Å². The minimum atomic E-state index is -1.42. The maximum absolute atomic E-state index is 12.8. The van der Waals surface area contributed by atoms with Gasteiger partial charge >= 0.3 is 11.9 Å². The van der Waals surface area contributed by atoms with Crippen LogP contribution < -0.4 is 4.74 Å². The molecule has 0 bridgehead atoms. The first kappa shape index (κ1) is 23.9. The van der Waals surface area contributed by atoms with E-state index in [1.54, 1.807) is 6.07 Å². The Bertz CT molecular complexity index is 1190. The molecule has 1 amide bonds. The molecule has 0 spiro atoms. The fraction of sp³-hybridized carbons (Fsp3) is 0.200. The molecule has 11 nitrogen and oxygen atoms in total. The summed E-state index contributed by atoms with van der Waals surface area (Å²) in [6.07, 6.45) is 0.583. The monoisotopic (exact) mass is 492 g/mol. The molecule has 1 atom stereocenters. The van der Waals surface area contributed by atoms with Crippen LogP contribution in [-0.2, 0) is 14.4 Å². The van der Waals surface area contributed by atoms with Gasteiger partial charge in [0.2, 0.25) is 0 Å². The van der Waals surface area contributed by atoms with Crippen molar-refractivity contribution >= 4 is 57.9 Å². The average Bonchev–Trinajstić information content (AvgIpc) is 3.32. The second-order valence-electron chi connectivity index (χ2n) is 6.68. The number of carbonyl (C=O) groups is 3. The summed E-state index contributed by atoms with van der Waals surface area (Å²) in [4.78, 5) is 47.0. The highest BCUT2D eigenvalue weighted by molar-refractivity contribution is 8.26. The molecule has 2 aromatic rings. The minimum Gasteiger partial charge on any atom is -0.497 e. The molecule has 172 valence electrons. The molecule has 2 N–H and O–H groups in total. The average molecular weight is 492 g/mol. The molecule has 1 unspecified atom stereocenters. The molecule has 2 heterocycles. The quantitative estimate of drug-likeness (QED) is 0.228. The second kappa shape index (κ2) is 9.83. The summed E-state index contributed by atoms with van der Waals surface area (Å²) in [7, 11) is 1.39. The number of aliphatic carboxylic acids is 2. The molecule has 1 aromatic heterocycles. The van der Waals surface area contributed by atoms with E-state index in [2.05, 4.69) is 0 Å². The first-order chi connectivity index (χ1) is 15.6. The molecule has 0 aliphatic carbocycles. The van der Waals surface area contributed by atoms with Gasteiger partial charge in [0, 0.05) is 12.5 Å². The number of nitro groups is 1. The Balaban J connectivity index is 1.88. The number of hydrogen-bond donors (Lipinski definition) is 2. The minimum absolute atomic E-state index is 0.0263. The third-order valence-corrected chi connectivity index (χ3v) is 5.95. The van der Waals surface area contributed by atoms with Gasteiger partial charge in [-0.15, -0.1) is 0 Å². The Morgan fingerprint density at radius 1 is 1.33 bits per heavy atom. The fourth-order valence-electron chi connectivity index (χ4n) is 3.07. The molecule has 13 heteroatoms. The smallest absolute Gasteiger partial charge is 0.326 e. The standard InChI is InChI=1S/C20H16N2O9S2/c1-30-10-2-4-12(14(8-10)22(28)29)15-6-3-11(31-15)9-16-18(25)21(20(32)33-16)13(19(26)27)5-7-17(23)24/h2-4,6,8-9,13H,5,7H2,1H3,(H,23,24)(H,26,27)/b16-9+. The highest BCUT2D eigenvalue weighted by atomic mass is 32.2. The predicted octanol–water partition coefficient (Wildman–Crippen LogP) is 3.38. The van der Waals surface area contributed by atoms with Gasteiger partial charge in [0.15, 0.2) is 0 Å². The zero-order valence-corrected chi connectivity index (χ0v) is 18.6. The summed E-state index contributed by atoms with van der Waals surface area (Å²) in [5.41, 5.74) is -0.0306. The van der Waals surface area contributed by atoms with E-state index >= 15 is 0 Å². The molecule has 1 aliphatic rings. The number of ether oxygens (including phenoxy) is 1. The Kier molecular flexibility index (Phi) is 7.13. The van der Waals surface area contributed by atoms with Crippen LogP contribution in [0.4, 0.5) is 5.69 Å². The van der Waals surface area contributed by atoms with Crippen LogP contribution in [0.5, 0.6) is 5.75 Å². The van der Waals surface area contributed by atoms with E-state index in [0.717, 1.165) is 16.7 Å². The lowest BCUT2D eigenvalue weighted by atomic mass is 10.1. The van der Waals surface area contributed by atoms with E-state index < -0.39 is 35.2 Å². The number of hydrogen-bond acceptors (Lipinski definition) is 9. The summed E-state index contributed by atoms with van der Waals surface area (Å²) < 4.78 is 10.6. The van der Waals surface area contributed by atoms with Crippen LogP contribution in [0, 0.1) is 10.1 Å². The van der Waals surface area contributed by atoms with Gasteiger partial charge in [0.1, 0.15) is 27.6 Å². The van der Waals surface area contributed by atoms with Gasteiger partial charge in [-0.2, -0.15) is 0 Å². The zero-order valence-electron chi connectivity index (χ0n) is 16.9. The maximum Gasteiger partial charge on any atom is 0.326 e. The lowest BCUT2D eigenvalue weighted by Crippen LogP contribution is -2.44. The van der Waals surface area contributed by atoms with Crippen LogP contribution in [0.25, 0.3) is 17.4 Å². The SMILES string of the molecule is COc1ccc(-c2ccc(/C=C3/SC(=S)N(C(CCC(=O)O)C(=O)O)C3=O)o2)c([N+](=O)[O-])c1. The van der Waals surface area contributed by atoms with Crippen molar-refractivity contribution in [3.8, 4) is 17.1 Å². The van der Waals surface area contributed by atoms with Crippen molar-refractivity contribution in [1.29, 1.82) is 0 Å². The number of nitro benzene ring substituents is 1. The van der Waals surface area contributed by atoms with Gasteiger partial charge in [0.25, 0.3) is 11.6 Å². The van der Waals surface area contributed by atoms with Crippen molar-refractivity contribution in [2.75, 3.05) is 7.11 Å². The van der Waals surface area contributed by atoms with Crippen molar-refractivity contribution in [1.82, 2.24) is 4.90 Å². The number of furan rings is 1. The van der Waals surface area contributed by atoms with Crippen LogP contribution in [0.3, 0.4) is 0 Å². The summed E-state index contributed by atoms with van der Waals surface area (Å²) in [5.74, 6) is -2.60. The summed E-state index contributed by atoms with van der Waals surface area (Å²) in [6.45, 7) is 0. The van der Waals surface area contributed by atoms with Gasteiger partial charge in [0.05, 0.1) is 28.6 Å². The molecule has 0 saturated carbocycles. The van der Waals surface area contributed by atoms with Crippen LogP contribution in [0.1, 0.15) is 18.6 Å². The lowest BCUT2D eigenvalue weighted by molar-refractivity contribution is -0.384. The molecule has 3 rings (SSSR count). The van der Waals surface area contributed by atoms with Gasteiger partial charge in [-0.25, -0.2) is 4.79 Å². The first-order valence-corrected chi connectivity index (χ1v) is 10.5. The van der Waals surface area contributed by atoms with Gasteiger partial charge in [-0.1, -0.05) is 24.0 Å². The summed E-state index contributed by atoms with van der Waals surface area (Å²) >= 11 is 5.98. The second-order valence-corrected chi connectivity index (χ2v) is 8.36. The third-order valence-electron chi connectivity index (χ3n) is 4.62. The Hall–Kier alpha value is -3.71. The topological polar surface area (TPSA) is 160 Å². The fourth-order valence-corrected chi connectivity index (χ4v) is 4.41. The predicted molar refractivity (Wildman–Crippen MR) is 121 cm³/mol. The van der Waals surface area contributed by atoms with Crippen LogP contribution >= 0.6 is 24.0 Å². The molecule has 1 fully saturated rings. The molecular weight excluding hydrogens is 476 g/mol. The van der Waals surface area contributed by atoms with Crippen molar-refractivity contribution < 1.29 is 38.7 Å². The normalized spacial score (nSPS) is 15.7. The number of thiocarbonyl (C=S) groups is 1. The van der Waals surface area contributed by atoms with Crippen LogP contribution in [0.15, 0.2) is 39.7 Å². The van der Waals surface area contributed by atoms with Crippen molar-refractivity contribution in [3.63, 3.8) is 0 Å². The number of nitrogens with zero attached hydrogens (tertiary/aromatic N) is 2. The van der Waals surface area contributed by atoms with Crippen molar-refractivity contribution in [2.45, 2.75) is 18.9 Å². The van der Waals surface area contributed by atoms with E-state index in [9.17, 15) is 29.6 Å². The number of rotatable bonds is 9. The van der Waals surface area contributed by atoms with Crippen LogP contribution in [0.2, 0.25) is 0 Å². The maximum atomic E-state index is 12.8. The molecule has 0 radical (unpaired) electrons. The molecular formula is C20H16N2O9S2. The number of benzene rings is 1. The number of methoxy groups -OCH3 is 1.